The smallest absolute Gasteiger partial charge is 0.218 e. The number of aliphatic hydroxyl groups is 9. The maximum atomic E-state index is 9.24. The summed E-state index contributed by atoms with van der Waals surface area (Å²) in [6.07, 6.45) is -9.21. The van der Waals surface area contributed by atoms with Crippen molar-refractivity contribution in [2.45, 2.75) is 48.7 Å². The molecule has 11 heteroatoms. The van der Waals surface area contributed by atoms with Crippen LogP contribution in [0.1, 0.15) is 0 Å². The van der Waals surface area contributed by atoms with Gasteiger partial charge in [-0.15, -0.1) is 0 Å². The second-order valence-corrected chi connectivity index (χ2v) is 5.05. The predicted molar refractivity (Wildman–Crippen MR) is 66.0 cm³/mol. The molecule has 0 aromatic rings. The van der Waals surface area contributed by atoms with Crippen molar-refractivity contribution in [1.29, 1.82) is 0 Å². The Bertz CT molecular complexity index is 342. The van der Waals surface area contributed by atoms with Gasteiger partial charge < -0.3 is 55.4 Å². The highest BCUT2D eigenvalue weighted by atomic mass is 16.7. The fourth-order valence-electron chi connectivity index (χ4n) is 1.91. The molecule has 2 saturated heterocycles. The van der Waals surface area contributed by atoms with Crippen molar-refractivity contribution in [1.82, 2.24) is 0 Å². The van der Waals surface area contributed by atoms with Gasteiger partial charge >= 0.3 is 0 Å². The first-order valence-corrected chi connectivity index (χ1v) is 6.49. The molecular formula is C11H22O11. The lowest BCUT2D eigenvalue weighted by Gasteiger charge is -2.40. The third-order valence-electron chi connectivity index (χ3n) is 3.43. The van der Waals surface area contributed by atoms with Crippen LogP contribution in [-0.4, -0.2) is 114 Å². The van der Waals surface area contributed by atoms with E-state index in [4.69, 9.17) is 40.9 Å². The molecule has 0 aromatic carbocycles. The molecule has 0 spiro atoms. The topological polar surface area (TPSA) is 201 Å². The summed E-state index contributed by atoms with van der Waals surface area (Å²) >= 11 is 0. The fraction of sp³-hybridized carbons (Fsp3) is 1.00. The van der Waals surface area contributed by atoms with Crippen LogP contribution in [-0.2, 0) is 9.47 Å². The Kier molecular flexibility index (Phi) is 7.04. The minimum absolute atomic E-state index is 0.324. The molecule has 0 amide bonds. The molecule has 0 aliphatic carbocycles. The molecule has 2 fully saturated rings. The van der Waals surface area contributed by atoms with Crippen molar-refractivity contribution in [3.8, 4) is 0 Å². The van der Waals surface area contributed by atoms with Gasteiger partial charge in [0.05, 0.1) is 19.8 Å². The molecule has 8 atom stereocenters. The summed E-state index contributed by atoms with van der Waals surface area (Å²) < 4.78 is 9.10. The van der Waals surface area contributed by atoms with Crippen LogP contribution in [0.15, 0.2) is 0 Å². The Balaban J connectivity index is 0.000000224. The Morgan fingerprint density at radius 2 is 1.50 bits per heavy atom. The maximum Gasteiger partial charge on any atom is 0.218 e. The predicted octanol–water partition coefficient (Wildman–Crippen LogP) is -5.80. The zero-order chi connectivity index (χ0) is 17.1. The van der Waals surface area contributed by atoms with E-state index in [-0.39, 0.29) is 6.61 Å². The number of hydrogen-bond donors (Lipinski definition) is 9. The zero-order valence-corrected chi connectivity index (χ0v) is 11.5. The molecule has 132 valence electrons. The molecule has 2 rings (SSSR count). The highest BCUT2D eigenvalue weighted by molar-refractivity contribution is 4.91. The average molecular weight is 330 g/mol. The van der Waals surface area contributed by atoms with E-state index in [1.165, 1.54) is 0 Å². The van der Waals surface area contributed by atoms with Crippen LogP contribution in [0, 0.1) is 0 Å². The summed E-state index contributed by atoms with van der Waals surface area (Å²) in [6.45, 7) is -1.57. The molecular weight excluding hydrogens is 308 g/mol. The van der Waals surface area contributed by atoms with E-state index in [9.17, 15) is 5.11 Å². The van der Waals surface area contributed by atoms with Gasteiger partial charge in [-0.1, -0.05) is 0 Å². The first kappa shape index (κ1) is 19.6. The van der Waals surface area contributed by atoms with Crippen molar-refractivity contribution in [3.63, 3.8) is 0 Å². The third kappa shape index (κ3) is 4.10. The van der Waals surface area contributed by atoms with E-state index in [0.29, 0.717) is 0 Å². The Labute approximate surface area is 125 Å². The number of ether oxygens (including phenoxy) is 2. The van der Waals surface area contributed by atoms with Gasteiger partial charge in [0.2, 0.25) is 5.79 Å². The second-order valence-electron chi connectivity index (χ2n) is 5.05. The lowest BCUT2D eigenvalue weighted by Crippen LogP contribution is -2.62. The number of aliphatic hydroxyl groups excluding tert-OH is 8. The van der Waals surface area contributed by atoms with Crippen LogP contribution >= 0.6 is 0 Å². The molecule has 0 saturated carbocycles. The van der Waals surface area contributed by atoms with Crippen molar-refractivity contribution in [2.75, 3.05) is 19.8 Å². The quantitative estimate of drug-likeness (QED) is 0.233. The molecule has 2 heterocycles. The zero-order valence-electron chi connectivity index (χ0n) is 11.5. The van der Waals surface area contributed by atoms with E-state index in [2.05, 4.69) is 9.47 Å². The number of rotatable bonds is 2. The first-order valence-electron chi connectivity index (χ1n) is 6.49. The van der Waals surface area contributed by atoms with E-state index in [1.54, 1.807) is 0 Å². The molecule has 0 bridgehead atoms. The van der Waals surface area contributed by atoms with E-state index in [1.807, 2.05) is 0 Å². The standard InChI is InChI=1S/C6H12O6.C5H10O5/c7-2-6(11)5(10)4(9)3(8)1-12-6;6-1-2-3(7)4(8)5(9)10-2/h3-5,7-11H,1-2H2;2-9H,1H2/t3-,4-,5+,6?;2-,3-,4-,5?/m11/s1. The first-order chi connectivity index (χ1) is 10.2. The van der Waals surface area contributed by atoms with Gasteiger partial charge in [0.25, 0.3) is 0 Å². The molecule has 2 unspecified atom stereocenters. The summed E-state index contributed by atoms with van der Waals surface area (Å²) in [7, 11) is 0. The lowest BCUT2D eigenvalue weighted by atomic mass is 9.98. The maximum absolute atomic E-state index is 9.24. The van der Waals surface area contributed by atoms with Crippen LogP contribution in [0.25, 0.3) is 0 Å². The van der Waals surface area contributed by atoms with Crippen LogP contribution in [0.5, 0.6) is 0 Å². The summed E-state index contributed by atoms with van der Waals surface area (Å²) in [6, 6.07) is 0. The molecule has 0 aromatic heterocycles. The van der Waals surface area contributed by atoms with Gasteiger partial charge in [-0.3, -0.25) is 0 Å². The summed E-state index contributed by atoms with van der Waals surface area (Å²) in [5.41, 5.74) is 0. The van der Waals surface area contributed by atoms with Crippen molar-refractivity contribution in [3.05, 3.63) is 0 Å². The summed E-state index contributed by atoms with van der Waals surface area (Å²) in [5, 5.41) is 79.9. The SMILES string of the molecule is OCC1(O)OC[C@@H](O)[C@@H](O)[C@@H]1O.OC[C@H]1OC(O)[C@H](O)[C@@H]1O. The highest BCUT2D eigenvalue weighted by Gasteiger charge is 2.48. The van der Waals surface area contributed by atoms with Gasteiger partial charge in [-0.25, -0.2) is 0 Å². The van der Waals surface area contributed by atoms with Gasteiger partial charge in [0, 0.05) is 0 Å². The lowest BCUT2D eigenvalue weighted by molar-refractivity contribution is -0.331. The van der Waals surface area contributed by atoms with E-state index in [0.717, 1.165) is 0 Å². The molecule has 2 aliphatic heterocycles. The minimum Gasteiger partial charge on any atom is -0.394 e. The Hall–Kier alpha value is -0.440. The van der Waals surface area contributed by atoms with Crippen molar-refractivity contribution in [2.24, 2.45) is 0 Å². The Morgan fingerprint density at radius 1 is 0.909 bits per heavy atom. The van der Waals surface area contributed by atoms with Gasteiger partial charge in [-0.05, 0) is 0 Å². The van der Waals surface area contributed by atoms with Crippen LogP contribution < -0.4 is 0 Å². The largest absolute Gasteiger partial charge is 0.394 e. The highest BCUT2D eigenvalue weighted by Crippen LogP contribution is 2.23. The third-order valence-corrected chi connectivity index (χ3v) is 3.43. The summed E-state index contributed by atoms with van der Waals surface area (Å²) in [5.74, 6) is -2.17. The minimum atomic E-state index is -2.17. The molecule has 2 aliphatic rings. The summed E-state index contributed by atoms with van der Waals surface area (Å²) in [4.78, 5) is 0. The van der Waals surface area contributed by atoms with Crippen molar-refractivity contribution >= 4 is 0 Å². The van der Waals surface area contributed by atoms with Crippen LogP contribution in [0.2, 0.25) is 0 Å². The second kappa shape index (κ2) is 7.90. The van der Waals surface area contributed by atoms with Crippen molar-refractivity contribution < 1.29 is 55.4 Å². The molecule has 22 heavy (non-hydrogen) atoms. The Morgan fingerprint density at radius 3 is 1.86 bits per heavy atom. The van der Waals surface area contributed by atoms with Crippen LogP contribution in [0.3, 0.4) is 0 Å². The molecule has 11 nitrogen and oxygen atoms in total. The molecule has 0 radical (unpaired) electrons. The average Bonchev–Trinajstić information content (AvgIpc) is 2.77. The van der Waals surface area contributed by atoms with Gasteiger partial charge in [-0.2, -0.15) is 0 Å². The molecule has 9 N–H and O–H groups in total. The van der Waals surface area contributed by atoms with Gasteiger partial charge in [0.15, 0.2) is 6.29 Å². The van der Waals surface area contributed by atoms with Gasteiger partial charge in [0.1, 0.15) is 36.6 Å². The number of hydrogen-bond acceptors (Lipinski definition) is 11. The van der Waals surface area contributed by atoms with Crippen LogP contribution in [0.4, 0.5) is 0 Å². The fourth-order valence-corrected chi connectivity index (χ4v) is 1.91. The normalized spacial score (nSPS) is 48.7. The van der Waals surface area contributed by atoms with E-state index < -0.39 is 61.9 Å². The monoisotopic (exact) mass is 330 g/mol. The van der Waals surface area contributed by atoms with E-state index >= 15 is 0 Å².